The number of anilines is 1. The van der Waals surface area contributed by atoms with Crippen LogP contribution in [0, 0.1) is 5.82 Å². The summed E-state index contributed by atoms with van der Waals surface area (Å²) in [6.45, 7) is 0.589. The van der Waals surface area contributed by atoms with Gasteiger partial charge in [0.15, 0.2) is 0 Å². The lowest BCUT2D eigenvalue weighted by atomic mass is 10.1. The van der Waals surface area contributed by atoms with Crippen molar-refractivity contribution < 1.29 is 4.39 Å². The number of para-hydroxylation sites is 1. The van der Waals surface area contributed by atoms with Crippen LogP contribution in [-0.4, -0.2) is 0 Å². The van der Waals surface area contributed by atoms with Crippen LogP contribution in [0.2, 0.25) is 0 Å². The Morgan fingerprint density at radius 3 is 2.65 bits per heavy atom. The molecule has 0 atom stereocenters. The predicted molar refractivity (Wildman–Crippen MR) is 69.7 cm³/mol. The van der Waals surface area contributed by atoms with Gasteiger partial charge in [0.1, 0.15) is 5.82 Å². The molecular weight excluding hydrogens is 237 g/mol. The molecule has 0 saturated heterocycles. The maximum atomic E-state index is 13.0. The molecule has 2 rings (SSSR count). The second-order valence-electron chi connectivity index (χ2n) is 3.77. The average Bonchev–Trinajstić information content (AvgIpc) is 2.37. The third-order valence-electron chi connectivity index (χ3n) is 2.53. The van der Waals surface area contributed by atoms with Crippen LogP contribution in [0.25, 0.3) is 0 Å². The Morgan fingerprint density at radius 1 is 1.06 bits per heavy atom. The molecule has 0 unspecified atom stereocenters. The van der Waals surface area contributed by atoms with E-state index in [2.05, 4.69) is 5.32 Å². The van der Waals surface area contributed by atoms with Crippen molar-refractivity contribution in [3.05, 3.63) is 65.5 Å². The largest absolute Gasteiger partial charge is 0.381 e. The summed E-state index contributed by atoms with van der Waals surface area (Å²) < 4.78 is 13.0. The first kappa shape index (κ1) is 11.9. The average molecular weight is 250 g/mol. The highest BCUT2D eigenvalue weighted by atomic mass is 35.5. The highest BCUT2D eigenvalue weighted by Crippen LogP contribution is 2.18. The van der Waals surface area contributed by atoms with Gasteiger partial charge in [-0.05, 0) is 29.3 Å². The first-order valence-corrected chi connectivity index (χ1v) is 5.95. The van der Waals surface area contributed by atoms with E-state index >= 15 is 0 Å². The number of benzene rings is 2. The van der Waals surface area contributed by atoms with E-state index in [0.29, 0.717) is 12.4 Å². The Kier molecular flexibility index (Phi) is 3.99. The molecule has 1 N–H and O–H groups in total. The first-order chi connectivity index (χ1) is 8.29. The molecule has 1 nitrogen and oxygen atoms in total. The maximum Gasteiger partial charge on any atom is 0.123 e. The molecule has 0 aliphatic carbocycles. The minimum Gasteiger partial charge on any atom is -0.381 e. The Balaban J connectivity index is 2.07. The van der Waals surface area contributed by atoms with Gasteiger partial charge in [0.25, 0.3) is 0 Å². The van der Waals surface area contributed by atoms with Crippen LogP contribution in [0.15, 0.2) is 48.5 Å². The molecule has 0 aromatic heterocycles. The molecular formula is C14H13ClFN. The van der Waals surface area contributed by atoms with Crippen molar-refractivity contribution in [1.29, 1.82) is 0 Å². The zero-order valence-electron chi connectivity index (χ0n) is 9.29. The van der Waals surface area contributed by atoms with Crippen LogP contribution in [0.5, 0.6) is 0 Å². The van der Waals surface area contributed by atoms with Crippen LogP contribution in [0.3, 0.4) is 0 Å². The number of nitrogens with one attached hydrogen (secondary N) is 1. The number of alkyl halides is 1. The summed E-state index contributed by atoms with van der Waals surface area (Å²) in [6.07, 6.45) is 0. The van der Waals surface area contributed by atoms with Gasteiger partial charge in [0, 0.05) is 18.1 Å². The van der Waals surface area contributed by atoms with E-state index in [-0.39, 0.29) is 5.82 Å². The van der Waals surface area contributed by atoms with Gasteiger partial charge in [0.05, 0.1) is 0 Å². The molecule has 0 radical (unpaired) electrons. The van der Waals surface area contributed by atoms with Crippen LogP contribution >= 0.6 is 11.6 Å². The van der Waals surface area contributed by atoms with Gasteiger partial charge in [-0.3, -0.25) is 0 Å². The van der Waals surface area contributed by atoms with Gasteiger partial charge < -0.3 is 5.32 Å². The van der Waals surface area contributed by atoms with Gasteiger partial charge in [-0.2, -0.15) is 0 Å². The SMILES string of the molecule is Fc1cccc(CNc2ccccc2CCl)c1. The number of hydrogen-bond donors (Lipinski definition) is 1. The Bertz CT molecular complexity index is 499. The molecule has 88 valence electrons. The number of rotatable bonds is 4. The summed E-state index contributed by atoms with van der Waals surface area (Å²) in [7, 11) is 0. The van der Waals surface area contributed by atoms with Crippen molar-refractivity contribution in [3.8, 4) is 0 Å². The van der Waals surface area contributed by atoms with Crippen molar-refractivity contribution >= 4 is 17.3 Å². The molecule has 0 heterocycles. The van der Waals surface area contributed by atoms with Gasteiger partial charge in [-0.15, -0.1) is 11.6 Å². The van der Waals surface area contributed by atoms with Crippen molar-refractivity contribution in [2.45, 2.75) is 12.4 Å². The minimum absolute atomic E-state index is 0.213. The minimum atomic E-state index is -0.213. The summed E-state index contributed by atoms with van der Waals surface area (Å²) in [6, 6.07) is 14.4. The lowest BCUT2D eigenvalue weighted by molar-refractivity contribution is 0.626. The van der Waals surface area contributed by atoms with E-state index in [1.165, 1.54) is 12.1 Å². The van der Waals surface area contributed by atoms with Crippen LogP contribution in [0.1, 0.15) is 11.1 Å². The van der Waals surface area contributed by atoms with Crippen molar-refractivity contribution in [2.24, 2.45) is 0 Å². The molecule has 0 fully saturated rings. The molecule has 2 aromatic carbocycles. The topological polar surface area (TPSA) is 12.0 Å². The van der Waals surface area contributed by atoms with Crippen molar-refractivity contribution in [3.63, 3.8) is 0 Å². The zero-order chi connectivity index (χ0) is 12.1. The van der Waals surface area contributed by atoms with E-state index in [1.807, 2.05) is 30.3 Å². The van der Waals surface area contributed by atoms with E-state index in [1.54, 1.807) is 6.07 Å². The summed E-state index contributed by atoms with van der Waals surface area (Å²) >= 11 is 5.84. The second-order valence-corrected chi connectivity index (χ2v) is 4.04. The molecule has 2 aromatic rings. The quantitative estimate of drug-likeness (QED) is 0.802. The fourth-order valence-electron chi connectivity index (χ4n) is 1.65. The molecule has 0 aliphatic rings. The molecule has 0 amide bonds. The van der Waals surface area contributed by atoms with Crippen molar-refractivity contribution in [1.82, 2.24) is 0 Å². The second kappa shape index (κ2) is 5.69. The summed E-state index contributed by atoms with van der Waals surface area (Å²) in [4.78, 5) is 0. The van der Waals surface area contributed by atoms with Crippen LogP contribution < -0.4 is 5.32 Å². The van der Waals surface area contributed by atoms with E-state index in [4.69, 9.17) is 11.6 Å². The van der Waals surface area contributed by atoms with E-state index in [0.717, 1.165) is 16.8 Å². The highest BCUT2D eigenvalue weighted by Gasteiger charge is 2.00. The van der Waals surface area contributed by atoms with E-state index in [9.17, 15) is 4.39 Å². The molecule has 3 heteroatoms. The third-order valence-corrected chi connectivity index (χ3v) is 2.82. The number of halogens is 2. The van der Waals surface area contributed by atoms with Crippen LogP contribution in [0.4, 0.5) is 10.1 Å². The molecule has 0 spiro atoms. The Labute approximate surface area is 105 Å². The Hall–Kier alpha value is -1.54. The fourth-order valence-corrected chi connectivity index (χ4v) is 1.89. The van der Waals surface area contributed by atoms with Crippen LogP contribution in [-0.2, 0) is 12.4 Å². The van der Waals surface area contributed by atoms with Gasteiger partial charge >= 0.3 is 0 Å². The lowest BCUT2D eigenvalue weighted by Gasteiger charge is -2.10. The predicted octanol–water partition coefficient (Wildman–Crippen LogP) is 4.18. The summed E-state index contributed by atoms with van der Waals surface area (Å²) in [5, 5.41) is 3.26. The standard InChI is InChI=1S/C14H13ClFN/c15-9-12-5-1-2-7-14(12)17-10-11-4-3-6-13(16)8-11/h1-8,17H,9-10H2. The van der Waals surface area contributed by atoms with Crippen molar-refractivity contribution in [2.75, 3.05) is 5.32 Å². The van der Waals surface area contributed by atoms with E-state index < -0.39 is 0 Å². The fraction of sp³-hybridized carbons (Fsp3) is 0.143. The summed E-state index contributed by atoms with van der Waals surface area (Å²) in [5.41, 5.74) is 2.95. The molecule has 17 heavy (non-hydrogen) atoms. The third kappa shape index (κ3) is 3.21. The van der Waals surface area contributed by atoms with Gasteiger partial charge in [-0.25, -0.2) is 4.39 Å². The number of hydrogen-bond acceptors (Lipinski definition) is 1. The highest BCUT2D eigenvalue weighted by molar-refractivity contribution is 6.17. The first-order valence-electron chi connectivity index (χ1n) is 5.42. The Morgan fingerprint density at radius 2 is 1.88 bits per heavy atom. The zero-order valence-corrected chi connectivity index (χ0v) is 10.0. The molecule has 0 aliphatic heterocycles. The van der Waals surface area contributed by atoms with Gasteiger partial charge in [-0.1, -0.05) is 30.3 Å². The smallest absolute Gasteiger partial charge is 0.123 e. The summed E-state index contributed by atoms with van der Waals surface area (Å²) in [5.74, 6) is 0.252. The normalized spacial score (nSPS) is 10.2. The maximum absolute atomic E-state index is 13.0. The molecule has 0 saturated carbocycles. The van der Waals surface area contributed by atoms with Gasteiger partial charge in [0.2, 0.25) is 0 Å². The molecule has 0 bridgehead atoms. The monoisotopic (exact) mass is 249 g/mol. The lowest BCUT2D eigenvalue weighted by Crippen LogP contribution is -2.01.